The van der Waals surface area contributed by atoms with Crippen LogP contribution in [0.1, 0.15) is 12.5 Å². The number of benzene rings is 1. The third kappa shape index (κ3) is 4.52. The van der Waals surface area contributed by atoms with Gasteiger partial charge in [0.25, 0.3) is 5.91 Å². The molecule has 6 nitrogen and oxygen atoms in total. The minimum Gasteiger partial charge on any atom is -0.464 e. The number of carbonyl (C=O) groups is 2. The third-order valence-electron chi connectivity index (χ3n) is 2.08. The molecule has 0 fully saturated rings. The Morgan fingerprint density at radius 3 is 2.61 bits per heavy atom. The van der Waals surface area contributed by atoms with Gasteiger partial charge in [-0.25, -0.2) is 10.3 Å². The minimum absolute atomic E-state index is 0.171. The molecule has 3 N–H and O–H groups in total. The SMILES string of the molecule is CCOC(=O)C(N)C(=O)NOCc1ccccc1. The van der Waals surface area contributed by atoms with Gasteiger partial charge in [-0.15, -0.1) is 0 Å². The van der Waals surface area contributed by atoms with Gasteiger partial charge in [0.1, 0.15) is 0 Å². The summed E-state index contributed by atoms with van der Waals surface area (Å²) in [5, 5.41) is 0. The van der Waals surface area contributed by atoms with Crippen LogP contribution in [0.5, 0.6) is 0 Å². The second-order valence-corrected chi connectivity index (χ2v) is 3.47. The molecule has 1 unspecified atom stereocenters. The van der Waals surface area contributed by atoms with Crippen molar-refractivity contribution in [2.24, 2.45) is 5.73 Å². The van der Waals surface area contributed by atoms with Crippen LogP contribution in [0.3, 0.4) is 0 Å². The molecule has 1 aromatic carbocycles. The van der Waals surface area contributed by atoms with Crippen molar-refractivity contribution in [2.45, 2.75) is 19.6 Å². The van der Waals surface area contributed by atoms with E-state index in [1.54, 1.807) is 6.92 Å². The fraction of sp³-hybridized carbons (Fsp3) is 0.333. The molecule has 1 atom stereocenters. The average molecular weight is 252 g/mol. The van der Waals surface area contributed by atoms with Crippen LogP contribution in [-0.4, -0.2) is 24.5 Å². The van der Waals surface area contributed by atoms with Crippen molar-refractivity contribution >= 4 is 11.9 Å². The Hall–Kier alpha value is -1.92. The Morgan fingerprint density at radius 2 is 2.00 bits per heavy atom. The molecule has 0 bridgehead atoms. The molecule has 1 amide bonds. The van der Waals surface area contributed by atoms with Gasteiger partial charge in [-0.2, -0.15) is 0 Å². The van der Waals surface area contributed by atoms with E-state index in [1.165, 1.54) is 0 Å². The molecule has 0 saturated carbocycles. The molecule has 0 aromatic heterocycles. The Labute approximate surface area is 105 Å². The molecule has 0 radical (unpaired) electrons. The monoisotopic (exact) mass is 252 g/mol. The van der Waals surface area contributed by atoms with Crippen molar-refractivity contribution in [1.82, 2.24) is 5.48 Å². The zero-order valence-electron chi connectivity index (χ0n) is 10.1. The van der Waals surface area contributed by atoms with Crippen molar-refractivity contribution in [1.29, 1.82) is 0 Å². The van der Waals surface area contributed by atoms with Gasteiger partial charge in [0, 0.05) is 0 Å². The number of hydrogen-bond acceptors (Lipinski definition) is 5. The zero-order valence-corrected chi connectivity index (χ0v) is 10.1. The van der Waals surface area contributed by atoms with Crippen LogP contribution in [0, 0.1) is 0 Å². The van der Waals surface area contributed by atoms with Crippen molar-refractivity contribution < 1.29 is 19.2 Å². The molecule has 1 rings (SSSR count). The first-order valence-electron chi connectivity index (χ1n) is 5.53. The highest BCUT2D eigenvalue weighted by Crippen LogP contribution is 1.99. The number of hydrogen-bond donors (Lipinski definition) is 2. The predicted octanol–water partition coefficient (Wildman–Crippen LogP) is 0.125. The summed E-state index contributed by atoms with van der Waals surface area (Å²) < 4.78 is 4.61. The van der Waals surface area contributed by atoms with E-state index in [0.717, 1.165) is 5.56 Å². The van der Waals surface area contributed by atoms with Gasteiger partial charge in [-0.1, -0.05) is 30.3 Å². The second-order valence-electron chi connectivity index (χ2n) is 3.47. The summed E-state index contributed by atoms with van der Waals surface area (Å²) in [5.41, 5.74) is 8.36. The number of rotatable bonds is 6. The van der Waals surface area contributed by atoms with Gasteiger partial charge in [0.2, 0.25) is 0 Å². The highest BCUT2D eigenvalue weighted by molar-refractivity contribution is 6.01. The fourth-order valence-corrected chi connectivity index (χ4v) is 1.17. The van der Waals surface area contributed by atoms with Crippen molar-refractivity contribution in [3.8, 4) is 0 Å². The molecular weight excluding hydrogens is 236 g/mol. The molecule has 0 saturated heterocycles. The summed E-state index contributed by atoms with van der Waals surface area (Å²) in [6.45, 7) is 2.00. The number of hydroxylamine groups is 1. The Kier molecular flexibility index (Phi) is 5.83. The normalized spacial score (nSPS) is 11.7. The number of carbonyl (C=O) groups excluding carboxylic acids is 2. The molecule has 0 aliphatic carbocycles. The molecule has 0 aliphatic rings. The standard InChI is InChI=1S/C12H16N2O4/c1-2-17-12(16)10(13)11(15)14-18-8-9-6-4-3-5-7-9/h3-7,10H,2,8,13H2,1H3,(H,14,15). The molecule has 18 heavy (non-hydrogen) atoms. The number of nitrogens with one attached hydrogen (secondary N) is 1. The number of amides is 1. The second kappa shape index (κ2) is 7.41. The van der Waals surface area contributed by atoms with Crippen LogP contribution >= 0.6 is 0 Å². The fourth-order valence-electron chi connectivity index (χ4n) is 1.17. The van der Waals surface area contributed by atoms with Crippen LogP contribution in [-0.2, 0) is 25.8 Å². The van der Waals surface area contributed by atoms with E-state index in [-0.39, 0.29) is 13.2 Å². The Balaban J connectivity index is 2.31. The van der Waals surface area contributed by atoms with Crippen LogP contribution in [0.2, 0.25) is 0 Å². The van der Waals surface area contributed by atoms with E-state index in [2.05, 4.69) is 10.2 Å². The third-order valence-corrected chi connectivity index (χ3v) is 2.08. The van der Waals surface area contributed by atoms with E-state index in [0.29, 0.717) is 0 Å². The molecule has 0 heterocycles. The minimum atomic E-state index is -1.37. The van der Waals surface area contributed by atoms with Gasteiger partial charge < -0.3 is 10.5 Å². The molecule has 98 valence electrons. The molecular formula is C12H16N2O4. The maximum atomic E-state index is 11.4. The number of esters is 1. The lowest BCUT2D eigenvalue weighted by molar-refractivity contribution is -0.151. The van der Waals surface area contributed by atoms with Crippen molar-refractivity contribution in [3.63, 3.8) is 0 Å². The summed E-state index contributed by atoms with van der Waals surface area (Å²) in [6, 6.07) is 7.89. The number of nitrogens with two attached hydrogens (primary N) is 1. The zero-order chi connectivity index (χ0) is 13.4. The quantitative estimate of drug-likeness (QED) is 0.426. The van der Waals surface area contributed by atoms with Crippen molar-refractivity contribution in [2.75, 3.05) is 6.61 Å². The van der Waals surface area contributed by atoms with Gasteiger partial charge in [-0.05, 0) is 12.5 Å². The first-order chi connectivity index (χ1) is 8.65. The average Bonchev–Trinajstić information content (AvgIpc) is 2.39. The Bertz CT molecular complexity index is 394. The van der Waals surface area contributed by atoms with E-state index in [4.69, 9.17) is 10.6 Å². The van der Waals surface area contributed by atoms with Gasteiger partial charge in [0.05, 0.1) is 13.2 Å². The molecule has 1 aromatic rings. The highest BCUT2D eigenvalue weighted by atomic mass is 16.7. The van der Waals surface area contributed by atoms with Gasteiger partial charge in [-0.3, -0.25) is 9.63 Å². The smallest absolute Gasteiger partial charge is 0.332 e. The lowest BCUT2D eigenvalue weighted by Crippen LogP contribution is -2.46. The topological polar surface area (TPSA) is 90.7 Å². The number of ether oxygens (including phenoxy) is 1. The molecule has 0 aliphatic heterocycles. The van der Waals surface area contributed by atoms with Gasteiger partial charge in [0.15, 0.2) is 6.04 Å². The first kappa shape index (κ1) is 14.1. The van der Waals surface area contributed by atoms with Crippen LogP contribution in [0.25, 0.3) is 0 Å². The lowest BCUT2D eigenvalue weighted by Gasteiger charge is -2.11. The summed E-state index contributed by atoms with van der Waals surface area (Å²) in [6.07, 6.45) is 0. The summed E-state index contributed by atoms with van der Waals surface area (Å²) >= 11 is 0. The lowest BCUT2D eigenvalue weighted by atomic mass is 10.2. The maximum absolute atomic E-state index is 11.4. The van der Waals surface area contributed by atoms with E-state index in [1.807, 2.05) is 30.3 Å². The van der Waals surface area contributed by atoms with E-state index < -0.39 is 17.9 Å². The largest absolute Gasteiger partial charge is 0.464 e. The summed E-state index contributed by atoms with van der Waals surface area (Å²) in [4.78, 5) is 27.5. The van der Waals surface area contributed by atoms with Crippen molar-refractivity contribution in [3.05, 3.63) is 35.9 Å². The van der Waals surface area contributed by atoms with E-state index >= 15 is 0 Å². The summed E-state index contributed by atoms with van der Waals surface area (Å²) in [5.74, 6) is -1.51. The Morgan fingerprint density at radius 1 is 1.33 bits per heavy atom. The first-order valence-corrected chi connectivity index (χ1v) is 5.53. The molecule has 6 heteroatoms. The summed E-state index contributed by atoms with van der Waals surface area (Å²) in [7, 11) is 0. The highest BCUT2D eigenvalue weighted by Gasteiger charge is 2.23. The maximum Gasteiger partial charge on any atom is 0.332 e. The molecule has 0 spiro atoms. The van der Waals surface area contributed by atoms with Crippen LogP contribution in [0.4, 0.5) is 0 Å². The van der Waals surface area contributed by atoms with E-state index in [9.17, 15) is 9.59 Å². The predicted molar refractivity (Wildman–Crippen MR) is 64.0 cm³/mol. The van der Waals surface area contributed by atoms with Crippen LogP contribution < -0.4 is 11.2 Å². The van der Waals surface area contributed by atoms with Crippen LogP contribution in [0.15, 0.2) is 30.3 Å². The van der Waals surface area contributed by atoms with Gasteiger partial charge >= 0.3 is 5.97 Å².